The van der Waals surface area contributed by atoms with Crippen molar-refractivity contribution in [2.75, 3.05) is 13.2 Å². The Hall–Kier alpha value is -0.860. The van der Waals surface area contributed by atoms with Crippen LogP contribution >= 0.6 is 0 Å². The smallest absolute Gasteiger partial charge is 0.0697 e. The zero-order valence-electron chi connectivity index (χ0n) is 11.9. The molecule has 3 rings (SSSR count). The number of nitrogens with one attached hydrogen (secondary N) is 1. The van der Waals surface area contributed by atoms with Gasteiger partial charge in [-0.15, -0.1) is 0 Å². The third-order valence-corrected chi connectivity index (χ3v) is 4.84. The van der Waals surface area contributed by atoms with Gasteiger partial charge in [-0.25, -0.2) is 0 Å². The third-order valence-electron chi connectivity index (χ3n) is 4.84. The summed E-state index contributed by atoms with van der Waals surface area (Å²) in [5, 5.41) is 3.76. The Bertz CT molecular complexity index is 399. The van der Waals surface area contributed by atoms with E-state index in [2.05, 4.69) is 42.6 Å². The van der Waals surface area contributed by atoms with Crippen molar-refractivity contribution >= 4 is 0 Å². The van der Waals surface area contributed by atoms with E-state index < -0.39 is 0 Å². The van der Waals surface area contributed by atoms with Crippen molar-refractivity contribution in [3.63, 3.8) is 0 Å². The van der Waals surface area contributed by atoms with Crippen LogP contribution in [-0.2, 0) is 4.74 Å². The normalized spacial score (nSPS) is 26.9. The quantitative estimate of drug-likeness (QED) is 0.894. The van der Waals surface area contributed by atoms with Gasteiger partial charge in [-0.05, 0) is 43.6 Å². The molecule has 2 aliphatic rings. The Labute approximate surface area is 116 Å². The molecule has 1 heterocycles. The molecule has 2 fully saturated rings. The first-order valence-electron chi connectivity index (χ1n) is 7.70. The van der Waals surface area contributed by atoms with E-state index in [-0.39, 0.29) is 5.60 Å². The largest absolute Gasteiger partial charge is 0.375 e. The number of benzene rings is 1. The van der Waals surface area contributed by atoms with Crippen molar-refractivity contribution in [3.8, 4) is 0 Å². The van der Waals surface area contributed by atoms with E-state index in [0.717, 1.165) is 13.2 Å². The fourth-order valence-corrected chi connectivity index (χ4v) is 3.36. The summed E-state index contributed by atoms with van der Waals surface area (Å²) in [5.74, 6) is 0.585. The number of hydrogen-bond acceptors (Lipinski definition) is 2. The summed E-state index contributed by atoms with van der Waals surface area (Å²) in [4.78, 5) is 0. The Balaban J connectivity index is 1.49. The van der Waals surface area contributed by atoms with Crippen molar-refractivity contribution < 1.29 is 4.74 Å². The highest BCUT2D eigenvalue weighted by Gasteiger charge is 2.42. The predicted octanol–water partition coefficient (Wildman–Crippen LogP) is 3.48. The van der Waals surface area contributed by atoms with Crippen LogP contribution in [0.4, 0.5) is 0 Å². The van der Waals surface area contributed by atoms with Crippen LogP contribution < -0.4 is 5.32 Å². The van der Waals surface area contributed by atoms with Gasteiger partial charge in [-0.1, -0.05) is 37.3 Å². The summed E-state index contributed by atoms with van der Waals surface area (Å²) in [5.41, 5.74) is 1.69. The van der Waals surface area contributed by atoms with E-state index in [0.29, 0.717) is 12.0 Å². The van der Waals surface area contributed by atoms with Crippen LogP contribution in [0.2, 0.25) is 0 Å². The van der Waals surface area contributed by atoms with Crippen LogP contribution in [0.3, 0.4) is 0 Å². The lowest BCUT2D eigenvalue weighted by atomic mass is 9.74. The summed E-state index contributed by atoms with van der Waals surface area (Å²) >= 11 is 0. The van der Waals surface area contributed by atoms with Crippen molar-refractivity contribution in [3.05, 3.63) is 35.9 Å². The number of rotatable bonds is 4. The first kappa shape index (κ1) is 13.1. The zero-order valence-corrected chi connectivity index (χ0v) is 11.9. The standard InChI is InChI=1S/C17H25NO/c1-14(15-6-3-2-4-7-15)13-18-16-8-11-19-17(12-16)9-5-10-17/h2-4,6-7,14,16,18H,5,8-13H2,1H3. The van der Waals surface area contributed by atoms with Gasteiger partial charge >= 0.3 is 0 Å². The molecule has 1 saturated carbocycles. The molecule has 0 bridgehead atoms. The summed E-state index contributed by atoms with van der Waals surface area (Å²) < 4.78 is 5.98. The average Bonchev–Trinajstić information content (AvgIpc) is 2.44. The average molecular weight is 259 g/mol. The minimum absolute atomic E-state index is 0.256. The van der Waals surface area contributed by atoms with Crippen LogP contribution in [0.15, 0.2) is 30.3 Å². The maximum absolute atomic E-state index is 5.98. The zero-order chi connectivity index (χ0) is 13.1. The summed E-state index contributed by atoms with van der Waals surface area (Å²) in [6, 6.07) is 11.4. The lowest BCUT2D eigenvalue weighted by molar-refractivity contribution is -0.135. The second-order valence-corrected chi connectivity index (χ2v) is 6.29. The van der Waals surface area contributed by atoms with E-state index in [4.69, 9.17) is 4.74 Å². The molecular weight excluding hydrogens is 234 g/mol. The predicted molar refractivity (Wildman–Crippen MR) is 78.4 cm³/mol. The molecule has 1 N–H and O–H groups in total. The van der Waals surface area contributed by atoms with Gasteiger partial charge in [0.05, 0.1) is 5.60 Å². The van der Waals surface area contributed by atoms with Crippen LogP contribution in [-0.4, -0.2) is 24.8 Å². The van der Waals surface area contributed by atoms with Gasteiger partial charge in [0.15, 0.2) is 0 Å². The molecule has 1 aromatic carbocycles. The Kier molecular flexibility index (Phi) is 3.90. The van der Waals surface area contributed by atoms with E-state index in [9.17, 15) is 0 Å². The molecule has 0 aromatic heterocycles. The molecule has 1 aliphatic heterocycles. The lowest BCUT2D eigenvalue weighted by Gasteiger charge is -2.47. The third kappa shape index (κ3) is 3.01. The summed E-state index contributed by atoms with van der Waals surface area (Å²) in [6.45, 7) is 4.32. The van der Waals surface area contributed by atoms with E-state index in [1.165, 1.54) is 37.7 Å². The topological polar surface area (TPSA) is 21.3 Å². The molecule has 2 unspecified atom stereocenters. The highest BCUT2D eigenvalue weighted by molar-refractivity contribution is 5.19. The molecule has 1 saturated heterocycles. The van der Waals surface area contributed by atoms with E-state index in [1.54, 1.807) is 0 Å². The fourth-order valence-electron chi connectivity index (χ4n) is 3.36. The van der Waals surface area contributed by atoms with E-state index in [1.807, 2.05) is 0 Å². The highest BCUT2D eigenvalue weighted by atomic mass is 16.5. The molecule has 0 amide bonds. The van der Waals surface area contributed by atoms with Gasteiger partial charge in [0.2, 0.25) is 0 Å². The Morgan fingerprint density at radius 2 is 2.11 bits per heavy atom. The molecule has 104 valence electrons. The van der Waals surface area contributed by atoms with Crippen molar-refractivity contribution in [2.45, 2.75) is 56.6 Å². The van der Waals surface area contributed by atoms with Crippen LogP contribution in [0.5, 0.6) is 0 Å². The molecule has 19 heavy (non-hydrogen) atoms. The molecule has 0 radical (unpaired) electrons. The summed E-state index contributed by atoms with van der Waals surface area (Å²) in [6.07, 6.45) is 6.30. The van der Waals surface area contributed by atoms with Crippen LogP contribution in [0, 0.1) is 0 Å². The SMILES string of the molecule is CC(CNC1CCOC2(CCC2)C1)c1ccccc1. The van der Waals surface area contributed by atoms with Gasteiger partial charge in [-0.3, -0.25) is 0 Å². The van der Waals surface area contributed by atoms with Crippen LogP contribution in [0.25, 0.3) is 0 Å². The van der Waals surface area contributed by atoms with Gasteiger partial charge in [0, 0.05) is 19.2 Å². The number of ether oxygens (including phenoxy) is 1. The van der Waals surface area contributed by atoms with Crippen molar-refractivity contribution in [2.24, 2.45) is 0 Å². The van der Waals surface area contributed by atoms with Gasteiger partial charge < -0.3 is 10.1 Å². The molecule has 1 aliphatic carbocycles. The maximum atomic E-state index is 5.98. The monoisotopic (exact) mass is 259 g/mol. The van der Waals surface area contributed by atoms with Gasteiger partial charge in [0.25, 0.3) is 0 Å². The van der Waals surface area contributed by atoms with Gasteiger partial charge in [0.1, 0.15) is 0 Å². The maximum Gasteiger partial charge on any atom is 0.0697 e. The van der Waals surface area contributed by atoms with Crippen molar-refractivity contribution in [1.29, 1.82) is 0 Å². The summed E-state index contributed by atoms with van der Waals surface area (Å²) in [7, 11) is 0. The first-order valence-corrected chi connectivity index (χ1v) is 7.70. The minimum atomic E-state index is 0.256. The second-order valence-electron chi connectivity index (χ2n) is 6.29. The Morgan fingerprint density at radius 1 is 1.32 bits per heavy atom. The molecule has 2 heteroatoms. The Morgan fingerprint density at radius 3 is 2.79 bits per heavy atom. The minimum Gasteiger partial charge on any atom is -0.375 e. The number of hydrogen-bond donors (Lipinski definition) is 1. The van der Waals surface area contributed by atoms with E-state index >= 15 is 0 Å². The van der Waals surface area contributed by atoms with Gasteiger partial charge in [-0.2, -0.15) is 0 Å². The van der Waals surface area contributed by atoms with Crippen LogP contribution in [0.1, 0.15) is 50.5 Å². The molecule has 1 aromatic rings. The molecule has 2 nitrogen and oxygen atoms in total. The highest BCUT2D eigenvalue weighted by Crippen LogP contribution is 2.42. The second kappa shape index (κ2) is 5.64. The first-order chi connectivity index (χ1) is 9.27. The molecule has 2 atom stereocenters. The lowest BCUT2D eigenvalue weighted by Crippen LogP contribution is -2.51. The molecular formula is C17H25NO. The van der Waals surface area contributed by atoms with Crippen molar-refractivity contribution in [1.82, 2.24) is 5.32 Å². The fraction of sp³-hybridized carbons (Fsp3) is 0.647. The molecule has 1 spiro atoms.